The molecule has 4 aliphatic rings. The number of nitrogens with one attached hydrogen (secondary N) is 1. The molecule has 0 amide bonds. The number of hydrogen-bond acceptors (Lipinski definition) is 6. The summed E-state index contributed by atoms with van der Waals surface area (Å²) >= 11 is 0. The van der Waals surface area contributed by atoms with Gasteiger partial charge in [-0.1, -0.05) is 68.8 Å². The first-order valence-corrected chi connectivity index (χ1v) is 15.7. The summed E-state index contributed by atoms with van der Waals surface area (Å²) in [5, 5.41) is 5.89. The van der Waals surface area contributed by atoms with Crippen LogP contribution >= 0.6 is 0 Å². The minimum Gasteiger partial charge on any atom is -0.493 e. The Morgan fingerprint density at radius 1 is 0.955 bits per heavy atom. The number of fused-ring (bicyclic) bond motifs is 5. The van der Waals surface area contributed by atoms with Crippen LogP contribution in [0.4, 0.5) is 5.69 Å². The van der Waals surface area contributed by atoms with E-state index in [1.54, 1.807) is 14.2 Å². The van der Waals surface area contributed by atoms with Gasteiger partial charge in [-0.2, -0.15) is 0 Å². The van der Waals surface area contributed by atoms with Crippen molar-refractivity contribution in [3.63, 3.8) is 0 Å². The average Bonchev–Trinajstić information content (AvgIpc) is 3.37. The van der Waals surface area contributed by atoms with Gasteiger partial charge >= 0.3 is 5.97 Å². The molecule has 6 nitrogen and oxygen atoms in total. The van der Waals surface area contributed by atoms with Crippen LogP contribution in [0.1, 0.15) is 69.4 Å². The van der Waals surface area contributed by atoms with Gasteiger partial charge in [0, 0.05) is 35.2 Å². The number of hydrogen-bond donors (Lipinski definition) is 1. The molecule has 1 aliphatic heterocycles. The molecule has 3 aromatic carbocycles. The van der Waals surface area contributed by atoms with Crippen LogP contribution in [-0.2, 0) is 14.3 Å². The van der Waals surface area contributed by atoms with Crippen LogP contribution in [0, 0.1) is 22.7 Å². The predicted molar refractivity (Wildman–Crippen MR) is 172 cm³/mol. The third kappa shape index (κ3) is 3.99. The lowest BCUT2D eigenvalue weighted by atomic mass is 9.65. The summed E-state index contributed by atoms with van der Waals surface area (Å²) in [5.41, 5.74) is 5.96. The molecule has 44 heavy (non-hydrogen) atoms. The standard InChI is InChI=1S/C38H41NO5/c1-37(2)23-15-16-38(37,3)24(18-23)19-27-32-25-10-8-7-9-21(25)11-13-28(32)39-35-33(27)29(40)20-26(34(35)36(41)44-6)22-12-14-30(42-4)31(17-22)43-5/h7-14,17,19,23,26-27,34,39H,15-16,18,20H2,1-6H3/t23?,26-,27-,34-,38?/m1/s1. The fourth-order valence-corrected chi connectivity index (χ4v) is 8.90. The highest BCUT2D eigenvalue weighted by molar-refractivity contribution is 6.06. The third-order valence-corrected chi connectivity index (χ3v) is 11.8. The first-order valence-electron chi connectivity index (χ1n) is 15.7. The molecule has 0 aromatic heterocycles. The molecule has 2 saturated carbocycles. The van der Waals surface area contributed by atoms with Crippen molar-refractivity contribution in [2.75, 3.05) is 26.6 Å². The van der Waals surface area contributed by atoms with E-state index in [1.165, 1.54) is 19.1 Å². The monoisotopic (exact) mass is 591 g/mol. The van der Waals surface area contributed by atoms with Gasteiger partial charge in [0.2, 0.25) is 0 Å². The lowest BCUT2D eigenvalue weighted by molar-refractivity contribution is -0.145. The molecule has 2 fully saturated rings. The average molecular weight is 592 g/mol. The van der Waals surface area contributed by atoms with Gasteiger partial charge < -0.3 is 19.5 Å². The molecule has 3 aromatic rings. The Morgan fingerprint density at radius 2 is 1.73 bits per heavy atom. The van der Waals surface area contributed by atoms with Gasteiger partial charge in [-0.05, 0) is 76.1 Å². The van der Waals surface area contributed by atoms with E-state index < -0.39 is 11.8 Å². The number of Topliss-reactive ketones (excluding diaryl/α,β-unsaturated/α-hetero) is 1. The van der Waals surface area contributed by atoms with Crippen LogP contribution in [0.25, 0.3) is 10.8 Å². The number of allylic oxidation sites excluding steroid dienone is 3. The van der Waals surface area contributed by atoms with Gasteiger partial charge in [0.05, 0.1) is 21.3 Å². The van der Waals surface area contributed by atoms with Gasteiger partial charge in [-0.15, -0.1) is 0 Å². The lowest BCUT2D eigenvalue weighted by Crippen LogP contribution is -2.39. The van der Waals surface area contributed by atoms with E-state index in [1.807, 2.05) is 18.2 Å². The van der Waals surface area contributed by atoms with Gasteiger partial charge in [0.25, 0.3) is 0 Å². The Bertz CT molecular complexity index is 1770. The second-order valence-corrected chi connectivity index (χ2v) is 13.7. The molecule has 2 unspecified atom stereocenters. The largest absolute Gasteiger partial charge is 0.493 e. The van der Waals surface area contributed by atoms with Gasteiger partial charge in [-0.3, -0.25) is 9.59 Å². The van der Waals surface area contributed by atoms with Crippen LogP contribution in [0.2, 0.25) is 0 Å². The Balaban J connectivity index is 1.44. The van der Waals surface area contributed by atoms with Gasteiger partial charge in [-0.25, -0.2) is 0 Å². The quantitative estimate of drug-likeness (QED) is 0.240. The van der Waals surface area contributed by atoms with Crippen molar-refractivity contribution < 1.29 is 23.8 Å². The first-order chi connectivity index (χ1) is 21.1. The zero-order valence-electron chi connectivity index (χ0n) is 26.5. The predicted octanol–water partition coefficient (Wildman–Crippen LogP) is 7.94. The third-order valence-electron chi connectivity index (χ3n) is 11.8. The van der Waals surface area contributed by atoms with Crippen LogP contribution in [0.3, 0.4) is 0 Å². The number of benzene rings is 3. The number of esters is 1. The molecular weight excluding hydrogens is 550 g/mol. The Hall–Kier alpha value is -4.06. The molecule has 7 rings (SSSR count). The van der Waals surface area contributed by atoms with E-state index >= 15 is 0 Å². The van der Waals surface area contributed by atoms with Crippen LogP contribution in [-0.4, -0.2) is 33.1 Å². The van der Waals surface area contributed by atoms with Gasteiger partial charge in [0.1, 0.15) is 5.92 Å². The van der Waals surface area contributed by atoms with Crippen LogP contribution in [0.15, 0.2) is 77.5 Å². The maximum absolute atomic E-state index is 14.5. The first kappa shape index (κ1) is 28.7. The van der Waals surface area contributed by atoms with E-state index in [9.17, 15) is 9.59 Å². The van der Waals surface area contributed by atoms with E-state index in [2.05, 4.69) is 68.6 Å². The normalized spacial score (nSPS) is 29.3. The van der Waals surface area contributed by atoms with Crippen LogP contribution < -0.4 is 14.8 Å². The van der Waals surface area contributed by atoms with Crippen LogP contribution in [0.5, 0.6) is 11.5 Å². The van der Waals surface area contributed by atoms with E-state index in [0.717, 1.165) is 40.4 Å². The molecule has 6 heteroatoms. The Labute approximate surface area is 259 Å². The van der Waals surface area contributed by atoms with Crippen molar-refractivity contribution in [1.29, 1.82) is 0 Å². The number of carbonyl (C=O) groups is 2. The van der Waals surface area contributed by atoms with E-state index in [-0.39, 0.29) is 34.9 Å². The zero-order chi connectivity index (χ0) is 31.0. The van der Waals surface area contributed by atoms with Crippen molar-refractivity contribution in [2.45, 2.75) is 58.3 Å². The van der Waals surface area contributed by atoms with Crippen molar-refractivity contribution in [3.8, 4) is 11.5 Å². The fourth-order valence-electron chi connectivity index (χ4n) is 8.90. The molecule has 5 atom stereocenters. The van der Waals surface area contributed by atoms with E-state index in [4.69, 9.17) is 14.2 Å². The van der Waals surface area contributed by atoms with Crippen molar-refractivity contribution in [1.82, 2.24) is 0 Å². The Kier molecular flexibility index (Phi) is 6.69. The summed E-state index contributed by atoms with van der Waals surface area (Å²) < 4.78 is 16.5. The highest BCUT2D eigenvalue weighted by atomic mass is 16.5. The second-order valence-electron chi connectivity index (χ2n) is 13.7. The fraction of sp³-hybridized carbons (Fsp3) is 0.421. The molecule has 2 bridgehead atoms. The summed E-state index contributed by atoms with van der Waals surface area (Å²) in [4.78, 5) is 28.2. The highest BCUT2D eigenvalue weighted by Gasteiger charge is 2.59. The summed E-state index contributed by atoms with van der Waals surface area (Å²) in [6, 6.07) is 18.2. The number of rotatable bonds is 5. The smallest absolute Gasteiger partial charge is 0.315 e. The van der Waals surface area contributed by atoms with Gasteiger partial charge in [0.15, 0.2) is 17.3 Å². The second kappa shape index (κ2) is 10.3. The molecular formula is C38H41NO5. The number of ketones is 1. The number of anilines is 1. The molecule has 1 N–H and O–H groups in total. The van der Waals surface area contributed by atoms with Crippen molar-refractivity contribution in [2.24, 2.45) is 22.7 Å². The zero-order valence-corrected chi connectivity index (χ0v) is 26.5. The number of ether oxygens (including phenoxy) is 3. The molecule has 3 aliphatic carbocycles. The summed E-state index contributed by atoms with van der Waals surface area (Å²) in [6.07, 6.45) is 6.07. The molecule has 228 valence electrons. The Morgan fingerprint density at radius 3 is 2.41 bits per heavy atom. The highest BCUT2D eigenvalue weighted by Crippen LogP contribution is 2.68. The lowest BCUT2D eigenvalue weighted by Gasteiger charge is -2.41. The SMILES string of the molecule is COC(=O)[C@H]1C2=C(C(=O)C[C@@H]1c1ccc(OC)c(OC)c1)[C@H](C=C1CC3CCC1(C)C3(C)C)c1c(ccc3ccccc13)N2. The summed E-state index contributed by atoms with van der Waals surface area (Å²) in [6.45, 7) is 7.24. The maximum atomic E-state index is 14.5. The topological polar surface area (TPSA) is 73.9 Å². The maximum Gasteiger partial charge on any atom is 0.315 e. The molecule has 0 radical (unpaired) electrons. The molecule has 1 heterocycles. The van der Waals surface area contributed by atoms with E-state index in [0.29, 0.717) is 28.7 Å². The summed E-state index contributed by atoms with van der Waals surface area (Å²) in [5.74, 6) is 0.123. The van der Waals surface area contributed by atoms with Crippen molar-refractivity contribution in [3.05, 3.63) is 88.6 Å². The molecule has 0 saturated heterocycles. The number of methoxy groups -OCH3 is 3. The summed E-state index contributed by atoms with van der Waals surface area (Å²) in [7, 11) is 4.60. The number of carbonyl (C=O) groups excluding carboxylic acids is 2. The minimum absolute atomic E-state index is 0.0560. The molecule has 0 spiro atoms. The van der Waals surface area contributed by atoms with Crippen molar-refractivity contribution >= 4 is 28.2 Å². The minimum atomic E-state index is -0.682.